The van der Waals surface area contributed by atoms with Gasteiger partial charge in [-0.15, -0.1) is 0 Å². The van der Waals surface area contributed by atoms with Crippen LogP contribution in [0.3, 0.4) is 0 Å². The lowest BCUT2D eigenvalue weighted by Crippen LogP contribution is -2.01. The monoisotopic (exact) mass is 247 g/mol. The molecule has 0 aliphatic heterocycles. The molecule has 1 aromatic carbocycles. The van der Waals surface area contributed by atoms with Gasteiger partial charge in [-0.05, 0) is 32.9 Å². The number of nitrogens with zero attached hydrogens (tertiary/aromatic N) is 1. The van der Waals surface area contributed by atoms with Crippen LogP contribution < -0.4 is 4.74 Å². The maximum atomic E-state index is 8.72. The zero-order valence-electron chi connectivity index (χ0n) is 10.2. The molecule has 0 aromatic heterocycles. The third-order valence-corrected chi connectivity index (χ3v) is 2.15. The number of hydrogen-bond donors (Lipinski definition) is 0. The first-order valence-corrected chi connectivity index (χ1v) is 5.62. The van der Waals surface area contributed by atoms with Crippen LogP contribution in [0.2, 0.25) is 5.02 Å². The van der Waals surface area contributed by atoms with Crippen molar-refractivity contribution in [3.05, 3.63) is 28.8 Å². The number of rotatable bonds is 2. The Bertz CT molecular complexity index is 498. The van der Waals surface area contributed by atoms with Crippen molar-refractivity contribution >= 4 is 11.6 Å². The van der Waals surface area contributed by atoms with Crippen LogP contribution in [0.5, 0.6) is 5.75 Å². The minimum absolute atomic E-state index is 0.0222. The highest BCUT2D eigenvalue weighted by atomic mass is 35.5. The van der Waals surface area contributed by atoms with Gasteiger partial charge in [-0.1, -0.05) is 23.4 Å². The largest absolute Gasteiger partial charge is 0.481 e. The van der Waals surface area contributed by atoms with Crippen LogP contribution in [-0.2, 0) is 0 Å². The second-order valence-electron chi connectivity index (χ2n) is 4.59. The highest BCUT2D eigenvalue weighted by molar-refractivity contribution is 6.31. The van der Waals surface area contributed by atoms with Gasteiger partial charge in [-0.3, -0.25) is 0 Å². The number of hydrogen-bond acceptors (Lipinski definition) is 2. The van der Waals surface area contributed by atoms with E-state index in [2.05, 4.69) is 11.8 Å². The van der Waals surface area contributed by atoms with Gasteiger partial charge >= 0.3 is 0 Å². The lowest BCUT2D eigenvalue weighted by molar-refractivity contribution is 0.369. The van der Waals surface area contributed by atoms with Gasteiger partial charge in [0, 0.05) is 11.5 Å². The summed E-state index contributed by atoms with van der Waals surface area (Å²) < 4.78 is 5.41. The van der Waals surface area contributed by atoms with Crippen molar-refractivity contribution in [2.75, 3.05) is 6.61 Å². The molecular formula is C14H14ClNO. The molecule has 17 heavy (non-hydrogen) atoms. The van der Waals surface area contributed by atoms with Crippen LogP contribution in [0.1, 0.15) is 26.3 Å². The molecule has 1 aromatic rings. The Labute approximate surface area is 107 Å². The van der Waals surface area contributed by atoms with Crippen LogP contribution >= 0.6 is 11.6 Å². The van der Waals surface area contributed by atoms with Crippen LogP contribution in [0.25, 0.3) is 0 Å². The first-order valence-electron chi connectivity index (χ1n) is 5.25. The van der Waals surface area contributed by atoms with E-state index >= 15 is 0 Å². The molecule has 0 fully saturated rings. The molecule has 1 rings (SSSR count). The van der Waals surface area contributed by atoms with Crippen molar-refractivity contribution in [3.8, 4) is 23.7 Å². The summed E-state index contributed by atoms with van der Waals surface area (Å²) in [5.74, 6) is 6.63. The first-order chi connectivity index (χ1) is 7.92. The van der Waals surface area contributed by atoms with Crippen molar-refractivity contribution in [1.82, 2.24) is 0 Å². The minimum Gasteiger partial charge on any atom is -0.481 e. The first kappa shape index (κ1) is 13.4. The number of benzene rings is 1. The second-order valence-corrected chi connectivity index (χ2v) is 5.00. The molecule has 0 unspecified atom stereocenters. The van der Waals surface area contributed by atoms with E-state index in [0.717, 1.165) is 0 Å². The Hall–Kier alpha value is -1.64. The van der Waals surface area contributed by atoms with Crippen LogP contribution in [0.15, 0.2) is 18.2 Å². The summed E-state index contributed by atoms with van der Waals surface area (Å²) in [6, 6.07) is 6.96. The summed E-state index contributed by atoms with van der Waals surface area (Å²) in [4.78, 5) is 0. The van der Waals surface area contributed by atoms with Crippen molar-refractivity contribution in [1.29, 1.82) is 5.26 Å². The Kier molecular flexibility index (Phi) is 4.44. The van der Waals surface area contributed by atoms with E-state index in [9.17, 15) is 0 Å². The number of nitriles is 1. The van der Waals surface area contributed by atoms with Gasteiger partial charge < -0.3 is 4.74 Å². The van der Waals surface area contributed by atoms with Gasteiger partial charge in [-0.2, -0.15) is 5.26 Å². The number of ether oxygens (including phenoxy) is 1. The van der Waals surface area contributed by atoms with E-state index in [-0.39, 0.29) is 5.41 Å². The van der Waals surface area contributed by atoms with Gasteiger partial charge in [0.15, 0.2) is 0 Å². The minimum atomic E-state index is -0.0222. The predicted octanol–water partition coefficient (Wildman–Crippen LogP) is 3.64. The summed E-state index contributed by atoms with van der Waals surface area (Å²) in [5, 5.41) is 9.11. The maximum absolute atomic E-state index is 8.72. The Morgan fingerprint density at radius 2 is 2.06 bits per heavy atom. The Balaban J connectivity index is 2.62. The quantitative estimate of drug-likeness (QED) is 0.748. The highest BCUT2D eigenvalue weighted by Gasteiger charge is 2.03. The molecule has 0 bridgehead atoms. The molecule has 3 heteroatoms. The third-order valence-electron chi connectivity index (χ3n) is 1.84. The maximum Gasteiger partial charge on any atom is 0.149 e. The molecule has 0 saturated carbocycles. The fourth-order valence-corrected chi connectivity index (χ4v) is 1.31. The zero-order chi connectivity index (χ0) is 12.9. The van der Waals surface area contributed by atoms with Crippen molar-refractivity contribution in [2.24, 2.45) is 5.41 Å². The molecule has 0 spiro atoms. The zero-order valence-corrected chi connectivity index (χ0v) is 10.9. The molecule has 0 amide bonds. The topological polar surface area (TPSA) is 33.0 Å². The fraction of sp³-hybridized carbons (Fsp3) is 0.357. The van der Waals surface area contributed by atoms with Crippen LogP contribution in [0.4, 0.5) is 0 Å². The predicted molar refractivity (Wildman–Crippen MR) is 68.9 cm³/mol. The summed E-state index contributed by atoms with van der Waals surface area (Å²) in [5.41, 5.74) is 0.422. The van der Waals surface area contributed by atoms with Gasteiger partial charge in [0.2, 0.25) is 0 Å². The average Bonchev–Trinajstić information content (AvgIpc) is 2.23. The van der Waals surface area contributed by atoms with E-state index in [0.29, 0.717) is 22.9 Å². The fourth-order valence-electron chi connectivity index (χ4n) is 1.10. The molecule has 88 valence electrons. The summed E-state index contributed by atoms with van der Waals surface area (Å²) in [7, 11) is 0. The lowest BCUT2D eigenvalue weighted by Gasteiger charge is -2.07. The molecule has 0 aliphatic rings. The molecule has 0 heterocycles. The molecule has 0 saturated heterocycles. The Morgan fingerprint density at radius 1 is 1.35 bits per heavy atom. The van der Waals surface area contributed by atoms with E-state index in [1.165, 1.54) is 0 Å². The molecule has 0 radical (unpaired) electrons. The SMILES string of the molecule is CC(C)(C)C#CCOc1ccc(C#N)c(Cl)c1. The summed E-state index contributed by atoms with van der Waals surface area (Å²) in [6.45, 7) is 6.44. The lowest BCUT2D eigenvalue weighted by atomic mass is 9.98. The van der Waals surface area contributed by atoms with Crippen LogP contribution in [-0.4, -0.2) is 6.61 Å². The molecule has 0 N–H and O–H groups in total. The molecule has 2 nitrogen and oxygen atoms in total. The second kappa shape index (κ2) is 5.62. The molecule has 0 atom stereocenters. The van der Waals surface area contributed by atoms with Gasteiger partial charge in [0.1, 0.15) is 18.4 Å². The average molecular weight is 248 g/mol. The van der Waals surface area contributed by atoms with E-state index in [1.807, 2.05) is 26.8 Å². The van der Waals surface area contributed by atoms with Crippen molar-refractivity contribution in [2.45, 2.75) is 20.8 Å². The third kappa shape index (κ3) is 4.81. The van der Waals surface area contributed by atoms with Crippen molar-refractivity contribution < 1.29 is 4.74 Å². The van der Waals surface area contributed by atoms with Crippen LogP contribution in [0, 0.1) is 28.6 Å². The van der Waals surface area contributed by atoms with E-state index in [4.69, 9.17) is 21.6 Å². The van der Waals surface area contributed by atoms with Crippen molar-refractivity contribution in [3.63, 3.8) is 0 Å². The van der Waals surface area contributed by atoms with Gasteiger partial charge in [-0.25, -0.2) is 0 Å². The smallest absolute Gasteiger partial charge is 0.149 e. The standard InChI is InChI=1S/C14H14ClNO/c1-14(2,3)7-4-8-17-12-6-5-11(10-16)13(15)9-12/h5-6,9H,8H2,1-3H3. The highest BCUT2D eigenvalue weighted by Crippen LogP contribution is 2.21. The molecule has 0 aliphatic carbocycles. The van der Waals surface area contributed by atoms with Gasteiger partial charge in [0.05, 0.1) is 10.6 Å². The van der Waals surface area contributed by atoms with Gasteiger partial charge in [0.25, 0.3) is 0 Å². The summed E-state index contributed by atoms with van der Waals surface area (Å²) >= 11 is 5.88. The van der Waals surface area contributed by atoms with E-state index < -0.39 is 0 Å². The van der Waals surface area contributed by atoms with E-state index in [1.54, 1.807) is 18.2 Å². The summed E-state index contributed by atoms with van der Waals surface area (Å²) in [6.07, 6.45) is 0. The Morgan fingerprint density at radius 3 is 2.59 bits per heavy atom. The normalized spacial score (nSPS) is 10.1. The number of halogens is 1. The molecular weight excluding hydrogens is 234 g/mol.